The van der Waals surface area contributed by atoms with E-state index in [1.54, 1.807) is 6.20 Å². The van der Waals surface area contributed by atoms with E-state index in [0.717, 1.165) is 56.2 Å². The van der Waals surface area contributed by atoms with Crippen LogP contribution in [0.1, 0.15) is 6.42 Å². The summed E-state index contributed by atoms with van der Waals surface area (Å²) in [6.45, 7) is 5.26. The molecule has 2 fully saturated rings. The van der Waals surface area contributed by atoms with Crippen LogP contribution in [0.2, 0.25) is 0 Å². The largest absolute Gasteiger partial charge is 0.493 e. The summed E-state index contributed by atoms with van der Waals surface area (Å²) < 4.78 is 27.0. The molecule has 10 heteroatoms. The molecule has 1 saturated carbocycles. The van der Waals surface area contributed by atoms with Crippen molar-refractivity contribution in [3.05, 3.63) is 30.3 Å². The number of aromatic nitrogens is 3. The maximum absolute atomic E-state index is 14.4. The van der Waals surface area contributed by atoms with E-state index in [1.165, 1.54) is 14.2 Å². The Labute approximate surface area is 203 Å². The van der Waals surface area contributed by atoms with Crippen molar-refractivity contribution in [1.82, 2.24) is 24.3 Å². The summed E-state index contributed by atoms with van der Waals surface area (Å²) in [5, 5.41) is 3.84. The van der Waals surface area contributed by atoms with Crippen molar-refractivity contribution in [1.29, 1.82) is 0 Å². The van der Waals surface area contributed by atoms with Crippen molar-refractivity contribution in [3.8, 4) is 22.9 Å². The number of likely N-dealkylation sites (N-methyl/N-ethyl adjacent to an activating group) is 1. The van der Waals surface area contributed by atoms with E-state index < -0.39 is 5.82 Å². The molecule has 0 spiro atoms. The Morgan fingerprint density at radius 2 is 1.89 bits per heavy atom. The smallest absolute Gasteiger partial charge is 0.228 e. The third kappa shape index (κ3) is 4.55. The second-order valence-electron chi connectivity index (χ2n) is 9.44. The van der Waals surface area contributed by atoms with Gasteiger partial charge >= 0.3 is 0 Å². The number of carbonyl (C=O) groups excluding carboxylic acids is 1. The van der Waals surface area contributed by atoms with E-state index in [1.807, 2.05) is 23.7 Å². The van der Waals surface area contributed by atoms with E-state index in [2.05, 4.69) is 32.1 Å². The molecule has 0 unspecified atom stereocenters. The average Bonchev–Trinajstić information content (AvgIpc) is 3.55. The Morgan fingerprint density at radius 3 is 2.60 bits per heavy atom. The maximum atomic E-state index is 14.4. The summed E-state index contributed by atoms with van der Waals surface area (Å²) in [6.07, 6.45) is 3.70. The van der Waals surface area contributed by atoms with Crippen LogP contribution in [0.5, 0.6) is 11.6 Å². The molecule has 1 amide bonds. The standard InChI is InChI=1S/C25H31FN6O3/c1-30-5-7-32(8-6-30)14-16-9-17(16)24(33)29-21-11-15-10-19(31(2)20(15)13-27-21)22-23(34-3)18(26)12-28-25(22)35-4/h10-13,16-17H,5-9,14H2,1-4H3,(H,27,29,33)/t16-,17+/m1/s1. The SMILES string of the molecule is COc1ncc(F)c(OC)c1-c1cc2cc(NC(=O)[C@H]3C[C@@H]3CN3CCN(C)CC3)ncc2n1C. The van der Waals surface area contributed by atoms with Gasteiger partial charge in [-0.2, -0.15) is 0 Å². The fourth-order valence-corrected chi connectivity index (χ4v) is 4.93. The van der Waals surface area contributed by atoms with Gasteiger partial charge in [-0.05, 0) is 31.5 Å². The van der Waals surface area contributed by atoms with Crippen LogP contribution < -0.4 is 14.8 Å². The monoisotopic (exact) mass is 482 g/mol. The Hall–Kier alpha value is -3.24. The highest BCUT2D eigenvalue weighted by Crippen LogP contribution is 2.42. The molecule has 3 aromatic heterocycles. The highest BCUT2D eigenvalue weighted by atomic mass is 19.1. The molecule has 1 aliphatic carbocycles. The van der Waals surface area contributed by atoms with Crippen molar-refractivity contribution >= 4 is 22.6 Å². The number of aryl methyl sites for hydroxylation is 1. The van der Waals surface area contributed by atoms with Gasteiger partial charge < -0.3 is 29.2 Å². The normalized spacial score (nSPS) is 20.7. The third-order valence-corrected chi connectivity index (χ3v) is 7.13. The first-order chi connectivity index (χ1) is 16.9. The number of hydrogen-bond acceptors (Lipinski definition) is 7. The lowest BCUT2D eigenvalue weighted by molar-refractivity contribution is -0.117. The molecule has 3 aromatic rings. The molecular weight excluding hydrogens is 451 g/mol. The molecule has 0 aromatic carbocycles. The summed E-state index contributed by atoms with van der Waals surface area (Å²) in [4.78, 5) is 26.2. The minimum Gasteiger partial charge on any atom is -0.493 e. The molecule has 0 bridgehead atoms. The molecule has 2 aliphatic rings. The zero-order valence-electron chi connectivity index (χ0n) is 20.5. The van der Waals surface area contributed by atoms with Crippen LogP contribution in [-0.4, -0.2) is 84.2 Å². The van der Waals surface area contributed by atoms with Crippen LogP contribution in [0.4, 0.5) is 10.2 Å². The molecule has 9 nitrogen and oxygen atoms in total. The first kappa shape index (κ1) is 23.5. The fourth-order valence-electron chi connectivity index (χ4n) is 4.93. The first-order valence-corrected chi connectivity index (χ1v) is 11.8. The van der Waals surface area contributed by atoms with Crippen molar-refractivity contribution in [2.45, 2.75) is 6.42 Å². The maximum Gasteiger partial charge on any atom is 0.228 e. The second-order valence-corrected chi connectivity index (χ2v) is 9.44. The van der Waals surface area contributed by atoms with Crippen molar-refractivity contribution in [3.63, 3.8) is 0 Å². The number of anilines is 1. The summed E-state index contributed by atoms with van der Waals surface area (Å²) in [6, 6.07) is 3.72. The van der Waals surface area contributed by atoms with E-state index >= 15 is 0 Å². The lowest BCUT2D eigenvalue weighted by Gasteiger charge is -2.32. The van der Waals surface area contributed by atoms with Gasteiger partial charge in [0.15, 0.2) is 11.6 Å². The predicted octanol–water partition coefficient (Wildman–Crippen LogP) is 2.61. The third-order valence-electron chi connectivity index (χ3n) is 7.13. The number of fused-ring (bicyclic) bond motifs is 1. The van der Waals surface area contributed by atoms with Crippen LogP contribution in [0.15, 0.2) is 24.5 Å². The van der Waals surface area contributed by atoms with Crippen LogP contribution in [0, 0.1) is 17.7 Å². The lowest BCUT2D eigenvalue weighted by Crippen LogP contribution is -2.45. The number of nitrogens with zero attached hydrogens (tertiary/aromatic N) is 5. The quantitative estimate of drug-likeness (QED) is 0.554. The van der Waals surface area contributed by atoms with Crippen LogP contribution >= 0.6 is 0 Å². The van der Waals surface area contributed by atoms with E-state index in [0.29, 0.717) is 23.0 Å². The molecular formula is C25H31FN6O3. The highest BCUT2D eigenvalue weighted by molar-refractivity contribution is 5.96. The van der Waals surface area contributed by atoms with Crippen LogP contribution in [0.3, 0.4) is 0 Å². The number of hydrogen-bond donors (Lipinski definition) is 1. The van der Waals surface area contributed by atoms with Gasteiger partial charge in [0.1, 0.15) is 11.4 Å². The van der Waals surface area contributed by atoms with Gasteiger partial charge in [-0.25, -0.2) is 14.4 Å². The Balaban J connectivity index is 1.33. The van der Waals surface area contributed by atoms with Gasteiger partial charge in [0, 0.05) is 51.1 Å². The topological polar surface area (TPSA) is 84.8 Å². The van der Waals surface area contributed by atoms with Crippen molar-refractivity contribution in [2.24, 2.45) is 18.9 Å². The molecule has 4 heterocycles. The predicted molar refractivity (Wildman–Crippen MR) is 131 cm³/mol. The number of rotatable bonds is 7. The molecule has 1 saturated heterocycles. The van der Waals surface area contributed by atoms with Gasteiger partial charge in [-0.15, -0.1) is 0 Å². The lowest BCUT2D eigenvalue weighted by atomic mass is 10.1. The first-order valence-electron chi connectivity index (χ1n) is 11.8. The molecule has 1 N–H and O–H groups in total. The number of methoxy groups -OCH3 is 2. The molecule has 2 atom stereocenters. The van der Waals surface area contributed by atoms with Crippen molar-refractivity contribution < 1.29 is 18.7 Å². The van der Waals surface area contributed by atoms with Crippen LogP contribution in [0.25, 0.3) is 22.2 Å². The summed E-state index contributed by atoms with van der Waals surface area (Å²) in [7, 11) is 6.89. The summed E-state index contributed by atoms with van der Waals surface area (Å²) in [5.74, 6) is 0.706. The van der Waals surface area contributed by atoms with Crippen LogP contribution in [-0.2, 0) is 11.8 Å². The van der Waals surface area contributed by atoms with Gasteiger partial charge in [0.2, 0.25) is 11.8 Å². The Bertz CT molecular complexity index is 1250. The van der Waals surface area contributed by atoms with E-state index in [-0.39, 0.29) is 23.5 Å². The number of nitrogens with one attached hydrogen (secondary N) is 1. The summed E-state index contributed by atoms with van der Waals surface area (Å²) in [5.41, 5.74) is 1.91. The Kier molecular flexibility index (Phi) is 6.33. The minimum atomic E-state index is -0.574. The Morgan fingerprint density at radius 1 is 1.11 bits per heavy atom. The molecule has 0 radical (unpaired) electrons. The van der Waals surface area contributed by atoms with Gasteiger partial charge in [0.05, 0.1) is 37.8 Å². The second kappa shape index (κ2) is 9.43. The van der Waals surface area contributed by atoms with E-state index in [9.17, 15) is 9.18 Å². The zero-order chi connectivity index (χ0) is 24.7. The zero-order valence-corrected chi connectivity index (χ0v) is 20.5. The number of pyridine rings is 2. The molecule has 186 valence electrons. The number of halogens is 1. The van der Waals surface area contributed by atoms with Gasteiger partial charge in [-0.1, -0.05) is 0 Å². The van der Waals surface area contributed by atoms with Gasteiger partial charge in [0.25, 0.3) is 0 Å². The highest BCUT2D eigenvalue weighted by Gasteiger charge is 2.44. The average molecular weight is 483 g/mol. The minimum absolute atomic E-state index is 0.0183. The number of amides is 1. The molecule has 5 rings (SSSR count). The number of carbonyl (C=O) groups is 1. The number of ether oxygens (including phenoxy) is 2. The number of piperazine rings is 1. The molecule has 35 heavy (non-hydrogen) atoms. The molecule has 1 aliphatic heterocycles. The van der Waals surface area contributed by atoms with Crippen molar-refractivity contribution in [2.75, 3.05) is 59.3 Å². The summed E-state index contributed by atoms with van der Waals surface area (Å²) >= 11 is 0. The van der Waals surface area contributed by atoms with E-state index in [4.69, 9.17) is 9.47 Å². The fraction of sp³-hybridized carbons (Fsp3) is 0.480. The van der Waals surface area contributed by atoms with Gasteiger partial charge in [-0.3, -0.25) is 4.79 Å².